The summed E-state index contributed by atoms with van der Waals surface area (Å²) >= 11 is 0. The average Bonchev–Trinajstić information content (AvgIpc) is 2.81. The van der Waals surface area contributed by atoms with Gasteiger partial charge in [0.05, 0.1) is 12.7 Å². The molecule has 0 saturated heterocycles. The predicted molar refractivity (Wildman–Crippen MR) is 61.2 cm³/mol. The molecule has 3 heteroatoms. The lowest BCUT2D eigenvalue weighted by atomic mass is 9.95. The zero-order chi connectivity index (χ0) is 11.5. The average molecular weight is 220 g/mol. The summed E-state index contributed by atoms with van der Waals surface area (Å²) in [6.45, 7) is 0. The Balaban J connectivity index is 2.35. The standard InChI is InChI=1S/C13H16O3/c1-16-12-7-10(9-4-2-3-5-9)6-11(8-12)13(14)15/h6-9H,2-5H2,1H3,(H,14,15). The summed E-state index contributed by atoms with van der Waals surface area (Å²) in [6, 6.07) is 5.31. The van der Waals surface area contributed by atoms with Crippen molar-refractivity contribution in [3.05, 3.63) is 29.3 Å². The highest BCUT2D eigenvalue weighted by Gasteiger charge is 2.19. The van der Waals surface area contributed by atoms with E-state index in [1.54, 1.807) is 19.2 Å². The first-order valence-electron chi connectivity index (χ1n) is 5.63. The minimum atomic E-state index is -0.891. The molecular weight excluding hydrogens is 204 g/mol. The van der Waals surface area contributed by atoms with E-state index in [2.05, 4.69) is 0 Å². The van der Waals surface area contributed by atoms with Gasteiger partial charge in [-0.15, -0.1) is 0 Å². The third-order valence-electron chi connectivity index (χ3n) is 3.24. The quantitative estimate of drug-likeness (QED) is 0.851. The molecule has 0 aliphatic heterocycles. The van der Waals surface area contributed by atoms with Crippen molar-refractivity contribution in [1.82, 2.24) is 0 Å². The molecule has 0 atom stereocenters. The van der Waals surface area contributed by atoms with Gasteiger partial charge in [0.25, 0.3) is 0 Å². The zero-order valence-corrected chi connectivity index (χ0v) is 9.40. The lowest BCUT2D eigenvalue weighted by molar-refractivity contribution is 0.0696. The summed E-state index contributed by atoms with van der Waals surface area (Å²) in [5.74, 6) is 0.258. The van der Waals surface area contributed by atoms with E-state index in [1.807, 2.05) is 6.07 Å². The van der Waals surface area contributed by atoms with Crippen LogP contribution in [0.4, 0.5) is 0 Å². The van der Waals surface area contributed by atoms with Crippen LogP contribution in [0.15, 0.2) is 18.2 Å². The van der Waals surface area contributed by atoms with Crippen LogP contribution in [-0.4, -0.2) is 18.2 Å². The summed E-state index contributed by atoms with van der Waals surface area (Å²) in [5.41, 5.74) is 1.43. The van der Waals surface area contributed by atoms with Gasteiger partial charge in [0, 0.05) is 0 Å². The molecule has 1 aromatic carbocycles. The summed E-state index contributed by atoms with van der Waals surface area (Å²) in [5, 5.41) is 9.02. The number of hydrogen-bond donors (Lipinski definition) is 1. The molecule has 0 spiro atoms. The first-order chi connectivity index (χ1) is 7.70. The number of benzene rings is 1. The van der Waals surface area contributed by atoms with Crippen molar-refractivity contribution in [3.63, 3.8) is 0 Å². The molecule has 1 aliphatic carbocycles. The van der Waals surface area contributed by atoms with Gasteiger partial charge in [-0.05, 0) is 42.5 Å². The molecule has 0 radical (unpaired) electrons. The van der Waals surface area contributed by atoms with Gasteiger partial charge in [-0.1, -0.05) is 12.8 Å². The summed E-state index contributed by atoms with van der Waals surface area (Å²) in [6.07, 6.45) is 4.80. The SMILES string of the molecule is COc1cc(C(=O)O)cc(C2CCCC2)c1. The van der Waals surface area contributed by atoms with E-state index in [0.717, 1.165) is 18.4 Å². The van der Waals surface area contributed by atoms with Gasteiger partial charge in [0.2, 0.25) is 0 Å². The number of hydrogen-bond acceptors (Lipinski definition) is 2. The normalized spacial score (nSPS) is 16.3. The highest BCUT2D eigenvalue weighted by molar-refractivity contribution is 5.88. The van der Waals surface area contributed by atoms with Crippen molar-refractivity contribution >= 4 is 5.97 Å². The fourth-order valence-electron chi connectivity index (χ4n) is 2.36. The minimum Gasteiger partial charge on any atom is -0.497 e. The Bertz CT molecular complexity index is 392. The van der Waals surface area contributed by atoms with E-state index in [9.17, 15) is 4.79 Å². The fraction of sp³-hybridized carbons (Fsp3) is 0.462. The maximum absolute atomic E-state index is 11.0. The Morgan fingerprint density at radius 3 is 2.56 bits per heavy atom. The highest BCUT2D eigenvalue weighted by atomic mass is 16.5. The first-order valence-corrected chi connectivity index (χ1v) is 5.63. The van der Waals surface area contributed by atoms with Crippen LogP contribution in [0.2, 0.25) is 0 Å². The van der Waals surface area contributed by atoms with Crippen LogP contribution in [-0.2, 0) is 0 Å². The number of carbonyl (C=O) groups is 1. The highest BCUT2D eigenvalue weighted by Crippen LogP contribution is 2.36. The Kier molecular flexibility index (Phi) is 3.13. The lowest BCUT2D eigenvalue weighted by Gasteiger charge is -2.12. The Morgan fingerprint density at radius 1 is 1.31 bits per heavy atom. The van der Waals surface area contributed by atoms with Crippen molar-refractivity contribution < 1.29 is 14.6 Å². The second-order valence-electron chi connectivity index (χ2n) is 4.28. The van der Waals surface area contributed by atoms with Crippen molar-refractivity contribution in [3.8, 4) is 5.75 Å². The Hall–Kier alpha value is -1.51. The number of methoxy groups -OCH3 is 1. The molecular formula is C13H16O3. The molecule has 16 heavy (non-hydrogen) atoms. The van der Waals surface area contributed by atoms with Crippen LogP contribution in [0.3, 0.4) is 0 Å². The molecule has 1 N–H and O–H groups in total. The molecule has 0 amide bonds. The van der Waals surface area contributed by atoms with E-state index >= 15 is 0 Å². The van der Waals surface area contributed by atoms with Crippen LogP contribution in [0.5, 0.6) is 5.75 Å². The van der Waals surface area contributed by atoms with Crippen LogP contribution < -0.4 is 4.74 Å². The molecule has 0 bridgehead atoms. The lowest BCUT2D eigenvalue weighted by Crippen LogP contribution is -2.01. The van der Waals surface area contributed by atoms with Gasteiger partial charge in [-0.25, -0.2) is 4.79 Å². The van der Waals surface area contributed by atoms with Crippen LogP contribution >= 0.6 is 0 Å². The van der Waals surface area contributed by atoms with Crippen LogP contribution in [0, 0.1) is 0 Å². The van der Waals surface area contributed by atoms with Gasteiger partial charge in [0.1, 0.15) is 5.75 Å². The van der Waals surface area contributed by atoms with E-state index < -0.39 is 5.97 Å². The monoisotopic (exact) mass is 220 g/mol. The van der Waals surface area contributed by atoms with Crippen LogP contribution in [0.1, 0.15) is 47.5 Å². The number of carboxylic acid groups (broad SMARTS) is 1. The van der Waals surface area contributed by atoms with Gasteiger partial charge >= 0.3 is 5.97 Å². The topological polar surface area (TPSA) is 46.5 Å². The molecule has 86 valence electrons. The third-order valence-corrected chi connectivity index (χ3v) is 3.24. The number of rotatable bonds is 3. The van der Waals surface area contributed by atoms with E-state index in [0.29, 0.717) is 17.2 Å². The van der Waals surface area contributed by atoms with Gasteiger partial charge in [0.15, 0.2) is 0 Å². The van der Waals surface area contributed by atoms with Gasteiger partial charge < -0.3 is 9.84 Å². The van der Waals surface area contributed by atoms with Crippen molar-refractivity contribution in [2.75, 3.05) is 7.11 Å². The molecule has 1 saturated carbocycles. The molecule has 2 rings (SSSR count). The Labute approximate surface area is 95.0 Å². The predicted octanol–water partition coefficient (Wildman–Crippen LogP) is 3.05. The second kappa shape index (κ2) is 4.56. The second-order valence-corrected chi connectivity index (χ2v) is 4.28. The maximum Gasteiger partial charge on any atom is 0.335 e. The fourth-order valence-corrected chi connectivity index (χ4v) is 2.36. The minimum absolute atomic E-state index is 0.321. The van der Waals surface area contributed by atoms with Crippen LogP contribution in [0.25, 0.3) is 0 Å². The molecule has 0 heterocycles. The smallest absolute Gasteiger partial charge is 0.335 e. The van der Waals surface area contributed by atoms with Gasteiger partial charge in [-0.2, -0.15) is 0 Å². The summed E-state index contributed by atoms with van der Waals surface area (Å²) < 4.78 is 5.14. The molecule has 1 aromatic rings. The zero-order valence-electron chi connectivity index (χ0n) is 9.40. The summed E-state index contributed by atoms with van der Waals surface area (Å²) in [7, 11) is 1.57. The number of aromatic carboxylic acids is 1. The Morgan fingerprint density at radius 2 is 2.00 bits per heavy atom. The van der Waals surface area contributed by atoms with Crippen molar-refractivity contribution in [2.24, 2.45) is 0 Å². The number of carboxylic acids is 1. The third kappa shape index (κ3) is 2.18. The molecule has 3 nitrogen and oxygen atoms in total. The van der Waals surface area contributed by atoms with Crippen molar-refractivity contribution in [2.45, 2.75) is 31.6 Å². The van der Waals surface area contributed by atoms with Crippen molar-refractivity contribution in [1.29, 1.82) is 0 Å². The largest absolute Gasteiger partial charge is 0.497 e. The maximum atomic E-state index is 11.0. The summed E-state index contributed by atoms with van der Waals surface area (Å²) in [4.78, 5) is 11.0. The first kappa shape index (κ1) is 11.0. The number of ether oxygens (including phenoxy) is 1. The van der Waals surface area contributed by atoms with E-state index in [4.69, 9.17) is 9.84 Å². The van der Waals surface area contributed by atoms with E-state index in [-0.39, 0.29) is 0 Å². The van der Waals surface area contributed by atoms with E-state index in [1.165, 1.54) is 12.8 Å². The molecule has 1 aliphatic rings. The molecule has 0 aromatic heterocycles. The van der Waals surface area contributed by atoms with Gasteiger partial charge in [-0.3, -0.25) is 0 Å². The molecule has 1 fully saturated rings. The molecule has 0 unspecified atom stereocenters.